The SMILES string of the molecule is CCc1cc(OC(=O)c2conc2CC)nnc1C. The van der Waals surface area contributed by atoms with Gasteiger partial charge in [0, 0.05) is 6.07 Å². The molecule has 0 atom stereocenters. The second-order valence-corrected chi connectivity index (χ2v) is 4.06. The summed E-state index contributed by atoms with van der Waals surface area (Å²) in [4.78, 5) is 11.9. The largest absolute Gasteiger partial charge is 0.402 e. The average Bonchev–Trinajstić information content (AvgIpc) is 2.89. The number of aromatic nitrogens is 3. The lowest BCUT2D eigenvalue weighted by atomic mass is 10.2. The molecule has 0 aliphatic carbocycles. The molecular weight excluding hydrogens is 246 g/mol. The standard InChI is InChI=1S/C13H15N3O3/c1-4-9-6-12(15-14-8(9)3)19-13(17)10-7-18-16-11(10)5-2/h6-7H,4-5H2,1-3H3. The van der Waals surface area contributed by atoms with Crippen molar-refractivity contribution in [3.63, 3.8) is 0 Å². The third-order valence-corrected chi connectivity index (χ3v) is 2.84. The van der Waals surface area contributed by atoms with Gasteiger partial charge in [0.25, 0.3) is 0 Å². The molecule has 0 N–H and O–H groups in total. The van der Waals surface area contributed by atoms with Crippen LogP contribution in [-0.4, -0.2) is 21.3 Å². The lowest BCUT2D eigenvalue weighted by Crippen LogP contribution is -2.12. The van der Waals surface area contributed by atoms with Gasteiger partial charge in [-0.15, -0.1) is 5.10 Å². The fraction of sp³-hybridized carbons (Fsp3) is 0.385. The van der Waals surface area contributed by atoms with E-state index in [1.54, 1.807) is 6.07 Å². The first kappa shape index (κ1) is 13.2. The number of carbonyl (C=O) groups excluding carboxylic acids is 1. The van der Waals surface area contributed by atoms with E-state index in [-0.39, 0.29) is 5.88 Å². The maximum atomic E-state index is 11.9. The molecule has 2 heterocycles. The van der Waals surface area contributed by atoms with Crippen LogP contribution in [0.15, 0.2) is 16.9 Å². The Kier molecular flexibility index (Phi) is 3.89. The van der Waals surface area contributed by atoms with E-state index in [4.69, 9.17) is 9.26 Å². The van der Waals surface area contributed by atoms with Gasteiger partial charge in [-0.25, -0.2) is 4.79 Å². The number of hydrogen-bond acceptors (Lipinski definition) is 6. The zero-order valence-corrected chi connectivity index (χ0v) is 11.1. The molecule has 100 valence electrons. The van der Waals surface area contributed by atoms with E-state index >= 15 is 0 Å². The minimum atomic E-state index is -0.529. The molecule has 2 rings (SSSR count). The molecule has 6 nitrogen and oxygen atoms in total. The molecule has 2 aromatic heterocycles. The van der Waals surface area contributed by atoms with Crippen molar-refractivity contribution in [2.24, 2.45) is 0 Å². The van der Waals surface area contributed by atoms with Gasteiger partial charge in [0.2, 0.25) is 5.88 Å². The van der Waals surface area contributed by atoms with Crippen LogP contribution >= 0.6 is 0 Å². The molecule has 0 radical (unpaired) electrons. The van der Waals surface area contributed by atoms with Gasteiger partial charge in [-0.1, -0.05) is 19.0 Å². The Morgan fingerprint density at radius 1 is 1.32 bits per heavy atom. The summed E-state index contributed by atoms with van der Waals surface area (Å²) < 4.78 is 9.96. The molecule has 0 aromatic carbocycles. The normalized spacial score (nSPS) is 10.5. The van der Waals surface area contributed by atoms with Crippen LogP contribution in [0.3, 0.4) is 0 Å². The third-order valence-electron chi connectivity index (χ3n) is 2.84. The zero-order chi connectivity index (χ0) is 13.8. The predicted molar refractivity (Wildman–Crippen MR) is 67.0 cm³/mol. The van der Waals surface area contributed by atoms with Gasteiger partial charge in [0.05, 0.1) is 11.4 Å². The van der Waals surface area contributed by atoms with Gasteiger partial charge in [0.15, 0.2) is 0 Å². The van der Waals surface area contributed by atoms with E-state index in [2.05, 4.69) is 15.4 Å². The second-order valence-electron chi connectivity index (χ2n) is 4.06. The summed E-state index contributed by atoms with van der Waals surface area (Å²) in [5.74, 6) is -0.339. The third kappa shape index (κ3) is 2.78. The van der Waals surface area contributed by atoms with E-state index < -0.39 is 5.97 Å². The molecule has 0 saturated heterocycles. The van der Waals surface area contributed by atoms with E-state index in [0.29, 0.717) is 17.7 Å². The van der Waals surface area contributed by atoms with Gasteiger partial charge in [-0.2, -0.15) is 5.10 Å². The Hall–Kier alpha value is -2.24. The summed E-state index contributed by atoms with van der Waals surface area (Å²) in [6.45, 7) is 5.76. The highest BCUT2D eigenvalue weighted by Gasteiger charge is 2.18. The number of hydrogen-bond donors (Lipinski definition) is 0. The van der Waals surface area contributed by atoms with Gasteiger partial charge < -0.3 is 9.26 Å². The van der Waals surface area contributed by atoms with Crippen molar-refractivity contribution < 1.29 is 14.1 Å². The molecule has 0 spiro atoms. The first-order valence-corrected chi connectivity index (χ1v) is 6.14. The molecule has 0 fully saturated rings. The van der Waals surface area contributed by atoms with Crippen molar-refractivity contribution in [2.45, 2.75) is 33.6 Å². The van der Waals surface area contributed by atoms with E-state index in [9.17, 15) is 4.79 Å². The molecule has 0 amide bonds. The molecule has 0 saturated carbocycles. The molecule has 0 aliphatic heterocycles. The highest BCUT2D eigenvalue weighted by atomic mass is 16.5. The number of carbonyl (C=O) groups is 1. The van der Waals surface area contributed by atoms with Crippen LogP contribution in [-0.2, 0) is 12.8 Å². The summed E-state index contributed by atoms with van der Waals surface area (Å²) >= 11 is 0. The van der Waals surface area contributed by atoms with Crippen LogP contribution in [0, 0.1) is 6.92 Å². The number of rotatable bonds is 4. The molecule has 0 bridgehead atoms. The maximum Gasteiger partial charge on any atom is 0.350 e. The molecule has 0 aliphatic rings. The van der Waals surface area contributed by atoms with Crippen molar-refractivity contribution >= 4 is 5.97 Å². The highest BCUT2D eigenvalue weighted by Crippen LogP contribution is 2.15. The van der Waals surface area contributed by atoms with Gasteiger partial charge in [0.1, 0.15) is 11.8 Å². The van der Waals surface area contributed by atoms with Gasteiger partial charge in [-0.3, -0.25) is 0 Å². The Morgan fingerprint density at radius 3 is 2.79 bits per heavy atom. The number of nitrogens with zero attached hydrogens (tertiary/aromatic N) is 3. The van der Waals surface area contributed by atoms with E-state index in [0.717, 1.165) is 17.7 Å². The van der Waals surface area contributed by atoms with Crippen LogP contribution in [0.1, 0.15) is 41.2 Å². The van der Waals surface area contributed by atoms with Crippen molar-refractivity contribution in [1.29, 1.82) is 0 Å². The maximum absolute atomic E-state index is 11.9. The summed E-state index contributed by atoms with van der Waals surface area (Å²) in [6, 6.07) is 1.72. The van der Waals surface area contributed by atoms with Crippen molar-refractivity contribution in [2.75, 3.05) is 0 Å². The number of esters is 1. The van der Waals surface area contributed by atoms with Gasteiger partial charge in [-0.05, 0) is 25.3 Å². The van der Waals surface area contributed by atoms with E-state index in [1.165, 1.54) is 6.26 Å². The second kappa shape index (κ2) is 5.60. The lowest BCUT2D eigenvalue weighted by Gasteiger charge is -2.05. The smallest absolute Gasteiger partial charge is 0.350 e. The fourth-order valence-electron chi connectivity index (χ4n) is 1.71. The Morgan fingerprint density at radius 2 is 2.11 bits per heavy atom. The molecule has 2 aromatic rings. The summed E-state index contributed by atoms with van der Waals surface area (Å²) in [5.41, 5.74) is 2.73. The van der Waals surface area contributed by atoms with Crippen molar-refractivity contribution in [3.8, 4) is 5.88 Å². The fourth-order valence-corrected chi connectivity index (χ4v) is 1.71. The number of aryl methyl sites for hydroxylation is 3. The van der Waals surface area contributed by atoms with Crippen molar-refractivity contribution in [1.82, 2.24) is 15.4 Å². The minimum Gasteiger partial charge on any atom is -0.402 e. The number of ether oxygens (including phenoxy) is 1. The van der Waals surface area contributed by atoms with Gasteiger partial charge >= 0.3 is 5.97 Å². The topological polar surface area (TPSA) is 78.1 Å². The summed E-state index contributed by atoms with van der Waals surface area (Å²) in [5, 5.41) is 11.5. The zero-order valence-electron chi connectivity index (χ0n) is 11.1. The minimum absolute atomic E-state index is 0.190. The molecule has 6 heteroatoms. The Balaban J connectivity index is 2.19. The summed E-state index contributed by atoms with van der Waals surface area (Å²) in [6.07, 6.45) is 2.68. The first-order chi connectivity index (χ1) is 9.15. The molecule has 19 heavy (non-hydrogen) atoms. The van der Waals surface area contributed by atoms with Crippen LogP contribution in [0.5, 0.6) is 5.88 Å². The highest BCUT2D eigenvalue weighted by molar-refractivity contribution is 5.91. The van der Waals surface area contributed by atoms with Crippen LogP contribution < -0.4 is 4.74 Å². The molecule has 0 unspecified atom stereocenters. The van der Waals surface area contributed by atoms with Crippen LogP contribution in [0.2, 0.25) is 0 Å². The predicted octanol–water partition coefficient (Wildman–Crippen LogP) is 2.12. The lowest BCUT2D eigenvalue weighted by molar-refractivity contribution is 0.0724. The summed E-state index contributed by atoms with van der Waals surface area (Å²) in [7, 11) is 0. The monoisotopic (exact) mass is 261 g/mol. The Bertz CT molecular complexity index is 593. The molecular formula is C13H15N3O3. The van der Waals surface area contributed by atoms with Crippen molar-refractivity contribution in [3.05, 3.63) is 34.8 Å². The van der Waals surface area contributed by atoms with E-state index in [1.807, 2.05) is 20.8 Å². The van der Waals surface area contributed by atoms with Crippen LogP contribution in [0.4, 0.5) is 0 Å². The average molecular weight is 261 g/mol. The Labute approximate surface area is 110 Å². The first-order valence-electron chi connectivity index (χ1n) is 6.14. The quantitative estimate of drug-likeness (QED) is 0.784. The van der Waals surface area contributed by atoms with Crippen LogP contribution in [0.25, 0.3) is 0 Å².